The van der Waals surface area contributed by atoms with Gasteiger partial charge in [-0.2, -0.15) is 26.3 Å². The molecule has 0 spiro atoms. The summed E-state index contributed by atoms with van der Waals surface area (Å²) < 4.78 is 98.4. The number of hydrogen-bond donors (Lipinski definition) is 1. The third-order valence-corrected chi connectivity index (χ3v) is 5.86. The van der Waals surface area contributed by atoms with Crippen LogP contribution in [0.3, 0.4) is 0 Å². The van der Waals surface area contributed by atoms with Gasteiger partial charge in [0.15, 0.2) is 0 Å². The molecular formula is C20H23F7N2O2. The van der Waals surface area contributed by atoms with Crippen LogP contribution in [-0.2, 0) is 12.4 Å². The van der Waals surface area contributed by atoms with Crippen molar-refractivity contribution in [1.82, 2.24) is 10.2 Å². The van der Waals surface area contributed by atoms with Gasteiger partial charge in [-0.3, -0.25) is 9.69 Å². The topological polar surface area (TPSA) is 41.6 Å². The Morgan fingerprint density at radius 2 is 1.74 bits per heavy atom. The highest BCUT2D eigenvalue weighted by Gasteiger charge is 2.43. The lowest BCUT2D eigenvalue weighted by Crippen LogP contribution is -2.53. The van der Waals surface area contributed by atoms with Gasteiger partial charge >= 0.3 is 12.4 Å². The van der Waals surface area contributed by atoms with Gasteiger partial charge in [0.1, 0.15) is 11.9 Å². The fraction of sp³-hybridized carbons (Fsp3) is 0.650. The highest BCUT2D eigenvalue weighted by atomic mass is 19.4. The van der Waals surface area contributed by atoms with Crippen LogP contribution in [-0.4, -0.2) is 49.3 Å². The summed E-state index contributed by atoms with van der Waals surface area (Å²) in [7, 11) is 0.904. The molecule has 2 aliphatic rings. The molecule has 31 heavy (non-hydrogen) atoms. The van der Waals surface area contributed by atoms with Crippen LogP contribution >= 0.6 is 0 Å². The minimum absolute atomic E-state index is 0.0794. The lowest BCUT2D eigenvalue weighted by Gasteiger charge is -2.38. The molecule has 1 amide bonds. The van der Waals surface area contributed by atoms with Gasteiger partial charge in [-0.05, 0) is 31.4 Å². The van der Waals surface area contributed by atoms with Gasteiger partial charge in [0.25, 0.3) is 5.91 Å². The molecule has 1 aliphatic heterocycles. The Kier molecular flexibility index (Phi) is 6.73. The summed E-state index contributed by atoms with van der Waals surface area (Å²) in [6.45, 7) is 0.671. The van der Waals surface area contributed by atoms with Crippen molar-refractivity contribution in [2.45, 2.75) is 62.7 Å². The van der Waals surface area contributed by atoms with E-state index in [0.29, 0.717) is 31.9 Å². The zero-order valence-corrected chi connectivity index (χ0v) is 16.7. The van der Waals surface area contributed by atoms with E-state index in [1.807, 2.05) is 4.90 Å². The second-order valence-electron chi connectivity index (χ2n) is 7.91. The highest BCUT2D eigenvalue weighted by molar-refractivity contribution is 5.99. The van der Waals surface area contributed by atoms with E-state index < -0.39 is 52.9 Å². The molecule has 1 aliphatic carbocycles. The largest absolute Gasteiger partial charge is 0.496 e. The van der Waals surface area contributed by atoms with E-state index in [9.17, 15) is 35.5 Å². The molecular weight excluding hydrogens is 433 g/mol. The molecule has 0 bridgehead atoms. The molecule has 1 unspecified atom stereocenters. The van der Waals surface area contributed by atoms with Gasteiger partial charge in [-0.15, -0.1) is 0 Å². The van der Waals surface area contributed by atoms with Gasteiger partial charge in [0, 0.05) is 25.2 Å². The van der Waals surface area contributed by atoms with E-state index >= 15 is 0 Å². The predicted octanol–water partition coefficient (Wildman–Crippen LogP) is 4.82. The molecule has 1 heterocycles. The van der Waals surface area contributed by atoms with Gasteiger partial charge in [-0.1, -0.05) is 12.8 Å². The minimum Gasteiger partial charge on any atom is -0.496 e. The number of ether oxygens (including phenoxy) is 1. The first-order valence-corrected chi connectivity index (χ1v) is 9.97. The Hall–Kier alpha value is -2.04. The monoisotopic (exact) mass is 456 g/mol. The second-order valence-corrected chi connectivity index (χ2v) is 7.91. The Balaban J connectivity index is 1.94. The van der Waals surface area contributed by atoms with Crippen molar-refractivity contribution in [2.24, 2.45) is 0 Å². The van der Waals surface area contributed by atoms with Gasteiger partial charge < -0.3 is 10.1 Å². The maximum absolute atomic E-state index is 13.6. The van der Waals surface area contributed by atoms with Crippen molar-refractivity contribution in [2.75, 3.05) is 20.2 Å². The van der Waals surface area contributed by atoms with Crippen molar-refractivity contribution in [1.29, 1.82) is 0 Å². The molecule has 1 aromatic carbocycles. The van der Waals surface area contributed by atoms with Crippen molar-refractivity contribution < 1.29 is 40.3 Å². The van der Waals surface area contributed by atoms with Crippen LogP contribution in [0.4, 0.5) is 30.7 Å². The van der Waals surface area contributed by atoms with Crippen LogP contribution < -0.4 is 10.1 Å². The number of benzene rings is 1. The smallest absolute Gasteiger partial charge is 0.417 e. The molecule has 1 aromatic rings. The Labute approximate surface area is 174 Å². The summed E-state index contributed by atoms with van der Waals surface area (Å²) in [5.74, 6) is -1.97. The number of amides is 1. The second kappa shape index (κ2) is 8.84. The predicted molar refractivity (Wildman–Crippen MR) is 97.6 cm³/mol. The zero-order chi connectivity index (χ0) is 23.0. The average Bonchev–Trinajstić information content (AvgIpc) is 3.12. The standard InChI is InChI=1S/C20H23F7N2O2/c1-31-16-9-11(19(22,23)24)8-13(20(25,26)27)17(16)18(30)28-14-4-2-3-5-15(14)29-7-6-12(21)10-29/h8-9,12,14-15H,2-7,10H2,1H3,(H,28,30)/t12?,14-,15+/m1/s1. The van der Waals surface area contributed by atoms with E-state index in [4.69, 9.17) is 4.74 Å². The van der Waals surface area contributed by atoms with Crippen LogP contribution in [0.5, 0.6) is 5.75 Å². The fourth-order valence-corrected chi connectivity index (χ4v) is 4.40. The van der Waals surface area contributed by atoms with Crippen molar-refractivity contribution in [3.8, 4) is 5.75 Å². The molecule has 4 nitrogen and oxygen atoms in total. The van der Waals surface area contributed by atoms with Crippen LogP contribution in [0.1, 0.15) is 53.6 Å². The Morgan fingerprint density at radius 1 is 1.06 bits per heavy atom. The number of carbonyl (C=O) groups excluding carboxylic acids is 1. The number of alkyl halides is 7. The summed E-state index contributed by atoms with van der Waals surface area (Å²) in [4.78, 5) is 14.8. The van der Waals surface area contributed by atoms with E-state index in [1.54, 1.807) is 0 Å². The fourth-order valence-electron chi connectivity index (χ4n) is 4.40. The molecule has 1 saturated heterocycles. The first kappa shape index (κ1) is 23.6. The number of rotatable bonds is 4. The third-order valence-electron chi connectivity index (χ3n) is 5.86. The summed E-state index contributed by atoms with van der Waals surface area (Å²) >= 11 is 0. The van der Waals surface area contributed by atoms with Crippen LogP contribution in [0, 0.1) is 0 Å². The van der Waals surface area contributed by atoms with E-state index in [0.717, 1.165) is 20.0 Å². The lowest BCUT2D eigenvalue weighted by molar-refractivity contribution is -0.143. The summed E-state index contributed by atoms with van der Waals surface area (Å²) in [6.07, 6.45) is -8.21. The molecule has 11 heteroatoms. The molecule has 1 saturated carbocycles. The maximum atomic E-state index is 13.6. The average molecular weight is 456 g/mol. The first-order valence-electron chi connectivity index (χ1n) is 9.97. The highest BCUT2D eigenvalue weighted by Crippen LogP contribution is 2.41. The lowest BCUT2D eigenvalue weighted by atomic mass is 9.88. The van der Waals surface area contributed by atoms with Crippen LogP contribution in [0.2, 0.25) is 0 Å². The molecule has 0 aromatic heterocycles. The van der Waals surface area contributed by atoms with E-state index in [-0.39, 0.29) is 18.7 Å². The minimum atomic E-state index is -5.20. The van der Waals surface area contributed by atoms with Crippen molar-refractivity contribution >= 4 is 5.91 Å². The molecule has 1 N–H and O–H groups in total. The molecule has 0 radical (unpaired) electrons. The zero-order valence-electron chi connectivity index (χ0n) is 16.7. The summed E-state index contributed by atoms with van der Waals surface area (Å²) in [5.41, 5.74) is -4.26. The van der Waals surface area contributed by atoms with E-state index in [1.165, 1.54) is 0 Å². The van der Waals surface area contributed by atoms with Crippen LogP contribution in [0.25, 0.3) is 0 Å². The van der Waals surface area contributed by atoms with Crippen molar-refractivity contribution in [3.63, 3.8) is 0 Å². The number of hydrogen-bond acceptors (Lipinski definition) is 3. The number of nitrogens with one attached hydrogen (secondary N) is 1. The van der Waals surface area contributed by atoms with Gasteiger partial charge in [-0.25, -0.2) is 4.39 Å². The van der Waals surface area contributed by atoms with Gasteiger partial charge in [0.05, 0.1) is 23.8 Å². The number of halogens is 7. The Morgan fingerprint density at radius 3 is 2.29 bits per heavy atom. The molecule has 174 valence electrons. The molecule has 3 atom stereocenters. The maximum Gasteiger partial charge on any atom is 0.417 e. The van der Waals surface area contributed by atoms with E-state index in [2.05, 4.69) is 5.32 Å². The number of likely N-dealkylation sites (tertiary alicyclic amines) is 1. The van der Waals surface area contributed by atoms with Gasteiger partial charge in [0.2, 0.25) is 0 Å². The molecule has 3 rings (SSSR count). The summed E-state index contributed by atoms with van der Waals surface area (Å²) in [6, 6.07) is -0.478. The number of nitrogens with zero attached hydrogens (tertiary/aromatic N) is 1. The SMILES string of the molecule is COc1cc(C(F)(F)F)cc(C(F)(F)F)c1C(=O)N[C@@H]1CCCC[C@@H]1N1CCC(F)C1. The summed E-state index contributed by atoms with van der Waals surface area (Å²) in [5, 5.41) is 2.56. The normalized spacial score (nSPS) is 25.5. The quantitative estimate of drug-likeness (QED) is 0.661. The first-order chi connectivity index (χ1) is 14.4. The Bertz CT molecular complexity index is 810. The number of methoxy groups -OCH3 is 1. The molecule has 2 fully saturated rings. The number of carbonyl (C=O) groups is 1. The van der Waals surface area contributed by atoms with Crippen LogP contribution in [0.15, 0.2) is 12.1 Å². The van der Waals surface area contributed by atoms with Crippen molar-refractivity contribution in [3.05, 3.63) is 28.8 Å². The third kappa shape index (κ3) is 5.24.